The van der Waals surface area contributed by atoms with Crippen LogP contribution in [0.4, 0.5) is 0 Å². The maximum atomic E-state index is 9.39. The van der Waals surface area contributed by atoms with Crippen molar-refractivity contribution in [2.75, 3.05) is 0 Å². The van der Waals surface area contributed by atoms with E-state index >= 15 is 0 Å². The number of furan rings is 1. The summed E-state index contributed by atoms with van der Waals surface area (Å²) in [6, 6.07) is 26.2. The number of benzene rings is 9. The summed E-state index contributed by atoms with van der Waals surface area (Å²) in [6.45, 7) is 0. The summed E-state index contributed by atoms with van der Waals surface area (Å²) >= 11 is 0. The minimum atomic E-state index is -0.618. The predicted octanol–water partition coefficient (Wildman–Crippen LogP) is 13.6. The highest BCUT2D eigenvalue weighted by molar-refractivity contribution is 6.20. The Bertz CT molecular complexity index is 3520. The molecule has 0 bridgehead atoms. The first kappa shape index (κ1) is 18.4. The normalized spacial score (nSPS) is 15.3. The largest absolute Gasteiger partial charge is 0.456 e. The van der Waals surface area contributed by atoms with E-state index in [1.54, 1.807) is 6.07 Å². The van der Waals surface area contributed by atoms with Crippen LogP contribution in [0.15, 0.2) is 186 Å². The van der Waals surface area contributed by atoms with E-state index in [4.69, 9.17) is 16.8 Å². The third-order valence-electron chi connectivity index (χ3n) is 9.47. The van der Waals surface area contributed by atoms with Gasteiger partial charge in [-0.3, -0.25) is 0 Å². The summed E-state index contributed by atoms with van der Waals surface area (Å²) in [5, 5.41) is 3.07. The van der Waals surface area contributed by atoms with E-state index in [0.717, 1.165) is 44.0 Å². The zero-order chi connectivity index (χ0) is 44.3. The van der Waals surface area contributed by atoms with Gasteiger partial charge in [0.05, 0.1) is 17.8 Å². The Labute approximate surface area is 308 Å². The Morgan fingerprint density at radius 3 is 1.62 bits per heavy atom. The average molecular weight is 650 g/mol. The molecule has 1 heterocycles. The minimum Gasteiger partial charge on any atom is -0.456 e. The summed E-state index contributed by atoms with van der Waals surface area (Å²) in [5.41, 5.74) is 5.55. The molecular weight excluding hydrogens is 605 g/mol. The highest BCUT2D eigenvalue weighted by Gasteiger charge is 2.19. The third-order valence-corrected chi connectivity index (χ3v) is 9.47. The van der Waals surface area contributed by atoms with Gasteiger partial charge in [-0.05, 0) is 108 Å². The summed E-state index contributed by atoms with van der Waals surface area (Å²) in [5.74, 6) is 0. The standard InChI is InChI=1S/C49H32O/c1-3-13-32(14-4-1)29-46-39-19-9-11-21-43(39)49(44-22-12-10-20-40(44)46)45-28-27-36(37-17-7-8-18-38(37)45)35-24-26-42-41-25-23-34(33-15-5-2-6-16-33)30-47(41)50-48(42)31-35/h1-28,30-31H,29H2/i1D,3D,4D,9D,10D,11D,12D,13D,14D,19D,20D,21D,22D. The maximum absolute atomic E-state index is 9.39. The molecule has 0 saturated heterocycles. The number of rotatable bonds is 5. The van der Waals surface area contributed by atoms with Crippen LogP contribution in [0.25, 0.3) is 87.6 Å². The molecule has 10 aromatic rings. The highest BCUT2D eigenvalue weighted by Crippen LogP contribution is 2.45. The van der Waals surface area contributed by atoms with Crippen molar-refractivity contribution in [1.82, 2.24) is 0 Å². The van der Waals surface area contributed by atoms with Gasteiger partial charge in [-0.1, -0.05) is 157 Å². The quantitative estimate of drug-likeness (QED) is 0.169. The Balaban J connectivity index is 1.27. The third kappa shape index (κ3) is 4.63. The van der Waals surface area contributed by atoms with Crippen molar-refractivity contribution in [3.05, 3.63) is 193 Å². The molecule has 10 rings (SSSR count). The fraction of sp³-hybridized carbons (Fsp3) is 0.0204. The Hall–Kier alpha value is -6.44. The molecule has 9 aromatic carbocycles. The van der Waals surface area contributed by atoms with Crippen LogP contribution in [0, 0.1) is 0 Å². The lowest BCUT2D eigenvalue weighted by atomic mass is 9.84. The van der Waals surface area contributed by atoms with Crippen LogP contribution in [0.2, 0.25) is 0 Å². The first-order chi connectivity index (χ1) is 30.2. The van der Waals surface area contributed by atoms with E-state index < -0.39 is 85.0 Å². The fourth-order valence-corrected chi connectivity index (χ4v) is 7.21. The Morgan fingerprint density at radius 2 is 0.940 bits per heavy atom. The van der Waals surface area contributed by atoms with Crippen molar-refractivity contribution in [1.29, 1.82) is 0 Å². The lowest BCUT2D eigenvalue weighted by Gasteiger charge is -2.19. The van der Waals surface area contributed by atoms with Crippen LogP contribution in [-0.2, 0) is 6.42 Å². The topological polar surface area (TPSA) is 13.1 Å². The molecule has 1 heteroatoms. The van der Waals surface area contributed by atoms with Gasteiger partial charge in [-0.25, -0.2) is 0 Å². The van der Waals surface area contributed by atoms with Crippen LogP contribution in [0.1, 0.15) is 28.9 Å². The van der Waals surface area contributed by atoms with E-state index in [9.17, 15) is 5.48 Å². The summed E-state index contributed by atoms with van der Waals surface area (Å²) in [4.78, 5) is 0. The molecule has 0 unspecified atom stereocenters. The molecule has 1 aromatic heterocycles. The van der Waals surface area contributed by atoms with Crippen molar-refractivity contribution >= 4 is 54.3 Å². The van der Waals surface area contributed by atoms with E-state index in [0.29, 0.717) is 16.5 Å². The van der Waals surface area contributed by atoms with Gasteiger partial charge in [0.2, 0.25) is 0 Å². The van der Waals surface area contributed by atoms with Gasteiger partial charge >= 0.3 is 0 Å². The summed E-state index contributed by atoms with van der Waals surface area (Å²) in [6.07, 6.45) is -0.495. The molecule has 234 valence electrons. The predicted molar refractivity (Wildman–Crippen MR) is 212 cm³/mol. The number of hydrogen-bond donors (Lipinski definition) is 0. The molecule has 1 nitrogen and oxygen atoms in total. The molecule has 0 N–H and O–H groups in total. The van der Waals surface area contributed by atoms with Crippen molar-refractivity contribution in [3.63, 3.8) is 0 Å². The van der Waals surface area contributed by atoms with Gasteiger partial charge in [-0.2, -0.15) is 0 Å². The molecule has 0 amide bonds. The molecule has 50 heavy (non-hydrogen) atoms. The van der Waals surface area contributed by atoms with E-state index in [1.165, 1.54) is 0 Å². The number of fused-ring (bicyclic) bond motifs is 6. The SMILES string of the molecule is [2H]c1c([2H])c([2H])c(Cc2c3c([2H])c([2H])c([2H])c([2H])c3c(-c3ccc(-c4ccc5c(c4)oc4cc(-c6ccccc6)ccc45)c4ccccc34)c3c([2H])c([2H])c([2H])c([2H])c23)c([2H])c1[2H]. The maximum Gasteiger partial charge on any atom is 0.136 e. The Kier molecular flexibility index (Phi) is 4.26. The van der Waals surface area contributed by atoms with E-state index in [2.05, 4.69) is 12.1 Å². The monoisotopic (exact) mass is 649 g/mol. The van der Waals surface area contributed by atoms with E-state index in [-0.39, 0.29) is 38.2 Å². The fourth-order valence-electron chi connectivity index (χ4n) is 7.21. The smallest absolute Gasteiger partial charge is 0.136 e. The minimum absolute atomic E-state index is 0.0165. The van der Waals surface area contributed by atoms with E-state index in [1.807, 2.05) is 84.9 Å². The second-order valence-corrected chi connectivity index (χ2v) is 12.2. The summed E-state index contributed by atoms with van der Waals surface area (Å²) in [7, 11) is 0. The molecule has 0 atom stereocenters. The first-order valence-corrected chi connectivity index (χ1v) is 16.2. The average Bonchev–Trinajstić information content (AvgIpc) is 3.68. The lowest BCUT2D eigenvalue weighted by molar-refractivity contribution is 0.669. The van der Waals surface area contributed by atoms with Crippen LogP contribution >= 0.6 is 0 Å². The zero-order valence-corrected chi connectivity index (χ0v) is 26.4. The van der Waals surface area contributed by atoms with Gasteiger partial charge in [0.1, 0.15) is 11.2 Å². The Morgan fingerprint density at radius 1 is 0.400 bits per heavy atom. The molecule has 0 aliphatic rings. The van der Waals surface area contributed by atoms with Gasteiger partial charge in [0, 0.05) is 10.8 Å². The molecule has 0 aliphatic carbocycles. The summed E-state index contributed by atoms with van der Waals surface area (Å²) < 4.78 is 121. The van der Waals surface area contributed by atoms with Crippen LogP contribution < -0.4 is 0 Å². The van der Waals surface area contributed by atoms with Gasteiger partial charge in [0.15, 0.2) is 0 Å². The highest BCUT2D eigenvalue weighted by atomic mass is 16.3. The van der Waals surface area contributed by atoms with Crippen LogP contribution in [0.5, 0.6) is 0 Å². The van der Waals surface area contributed by atoms with Crippen molar-refractivity contribution < 1.29 is 22.2 Å². The van der Waals surface area contributed by atoms with Gasteiger partial charge in [-0.15, -0.1) is 0 Å². The van der Waals surface area contributed by atoms with Gasteiger partial charge < -0.3 is 4.42 Å². The van der Waals surface area contributed by atoms with Crippen molar-refractivity contribution in [2.45, 2.75) is 6.42 Å². The molecule has 0 fully saturated rings. The number of hydrogen-bond acceptors (Lipinski definition) is 1. The lowest BCUT2D eigenvalue weighted by Crippen LogP contribution is -1.96. The van der Waals surface area contributed by atoms with Crippen molar-refractivity contribution in [2.24, 2.45) is 0 Å². The first-order valence-electron chi connectivity index (χ1n) is 22.7. The molecule has 0 aliphatic heterocycles. The van der Waals surface area contributed by atoms with Crippen LogP contribution in [-0.4, -0.2) is 0 Å². The zero-order valence-electron chi connectivity index (χ0n) is 39.4. The second-order valence-electron chi connectivity index (χ2n) is 12.2. The molecular formula is C49H32O. The van der Waals surface area contributed by atoms with Gasteiger partial charge in [0.25, 0.3) is 0 Å². The van der Waals surface area contributed by atoms with Crippen LogP contribution in [0.3, 0.4) is 0 Å². The molecule has 0 spiro atoms. The molecule has 0 saturated carbocycles. The van der Waals surface area contributed by atoms with Crippen molar-refractivity contribution in [3.8, 4) is 33.4 Å². The second kappa shape index (κ2) is 11.6. The molecule has 0 radical (unpaired) electrons.